The summed E-state index contributed by atoms with van der Waals surface area (Å²) in [6.07, 6.45) is 1.16. The summed E-state index contributed by atoms with van der Waals surface area (Å²) in [5.74, 6) is 0. The molecule has 0 spiro atoms. The van der Waals surface area contributed by atoms with E-state index in [2.05, 4.69) is 13.8 Å². The van der Waals surface area contributed by atoms with Crippen molar-refractivity contribution in [2.45, 2.75) is 25.9 Å². The van der Waals surface area contributed by atoms with Gasteiger partial charge in [-0.25, -0.2) is 0 Å². The Bertz CT molecular complexity index is 55.0. The van der Waals surface area contributed by atoms with Gasteiger partial charge in [-0.1, -0.05) is 6.92 Å². The van der Waals surface area contributed by atoms with Crippen molar-refractivity contribution < 1.29 is 4.74 Å². The average Bonchev–Trinajstić information content (AvgIpc) is 2.22. The largest absolute Gasteiger partial charge is 0.370 e. The Kier molecular flexibility index (Phi) is 0.667. The van der Waals surface area contributed by atoms with Gasteiger partial charge in [-0.05, 0) is 13.3 Å². The predicted octanol–water partition coefficient (Wildman–Crippen LogP) is 1.19. The molecule has 0 N–H and O–H groups in total. The summed E-state index contributed by atoms with van der Waals surface area (Å²) < 4.78 is 5.05. The standard InChI is InChI=1S/C5H10O/c1-3-5(2)4-6-5/h3-4H2,1-2H3/t5-/m1/s1. The lowest BCUT2D eigenvalue weighted by atomic mass is 10.1. The fraction of sp³-hybridized carbons (Fsp3) is 1.00. The molecule has 0 unspecified atom stereocenters. The van der Waals surface area contributed by atoms with Crippen molar-refractivity contribution >= 4 is 0 Å². The number of hydrogen-bond acceptors (Lipinski definition) is 1. The molecule has 0 aromatic carbocycles. The van der Waals surface area contributed by atoms with E-state index in [1.54, 1.807) is 0 Å². The first-order valence-corrected chi connectivity index (χ1v) is 2.41. The SMILES string of the molecule is CC[C@]1(C)CO1. The van der Waals surface area contributed by atoms with Crippen molar-refractivity contribution in [1.29, 1.82) is 0 Å². The zero-order valence-corrected chi connectivity index (χ0v) is 4.32. The van der Waals surface area contributed by atoms with E-state index in [-0.39, 0.29) is 0 Å². The molecule has 1 atom stereocenters. The average molecular weight is 86.1 g/mol. The van der Waals surface area contributed by atoms with Crippen molar-refractivity contribution in [3.05, 3.63) is 0 Å². The third-order valence-corrected chi connectivity index (χ3v) is 1.39. The summed E-state index contributed by atoms with van der Waals surface area (Å²) in [5.41, 5.74) is 0.292. The van der Waals surface area contributed by atoms with Crippen molar-refractivity contribution in [2.75, 3.05) is 6.61 Å². The van der Waals surface area contributed by atoms with E-state index in [1.807, 2.05) is 0 Å². The van der Waals surface area contributed by atoms with Gasteiger partial charge in [-0.15, -0.1) is 0 Å². The number of hydrogen-bond donors (Lipinski definition) is 0. The fourth-order valence-corrected chi connectivity index (χ4v) is 0.327. The van der Waals surface area contributed by atoms with Crippen LogP contribution in [0.25, 0.3) is 0 Å². The maximum Gasteiger partial charge on any atom is 0.0886 e. The van der Waals surface area contributed by atoms with Gasteiger partial charge in [0.15, 0.2) is 0 Å². The lowest BCUT2D eigenvalue weighted by Crippen LogP contribution is -1.98. The molecule has 0 saturated carbocycles. The van der Waals surface area contributed by atoms with Crippen LogP contribution >= 0.6 is 0 Å². The lowest BCUT2D eigenvalue weighted by Gasteiger charge is -1.92. The van der Waals surface area contributed by atoms with Crippen molar-refractivity contribution in [3.8, 4) is 0 Å². The Labute approximate surface area is 38.3 Å². The highest BCUT2D eigenvalue weighted by molar-refractivity contribution is 4.84. The van der Waals surface area contributed by atoms with Gasteiger partial charge in [0.25, 0.3) is 0 Å². The van der Waals surface area contributed by atoms with Crippen LogP contribution in [0, 0.1) is 0 Å². The highest BCUT2D eigenvalue weighted by Crippen LogP contribution is 2.28. The van der Waals surface area contributed by atoms with Gasteiger partial charge in [0.2, 0.25) is 0 Å². The van der Waals surface area contributed by atoms with E-state index in [9.17, 15) is 0 Å². The molecule has 0 radical (unpaired) electrons. The number of ether oxygens (including phenoxy) is 1. The van der Waals surface area contributed by atoms with Gasteiger partial charge in [0, 0.05) is 0 Å². The second kappa shape index (κ2) is 0.969. The van der Waals surface area contributed by atoms with Crippen LogP contribution in [0.4, 0.5) is 0 Å². The second-order valence-corrected chi connectivity index (χ2v) is 2.09. The minimum Gasteiger partial charge on any atom is -0.370 e. The first-order chi connectivity index (χ1) is 2.77. The molecule has 1 aliphatic rings. The van der Waals surface area contributed by atoms with Gasteiger partial charge in [0.05, 0.1) is 12.2 Å². The topological polar surface area (TPSA) is 12.5 Å². The molecule has 0 aliphatic carbocycles. The molecule has 36 valence electrons. The predicted molar refractivity (Wildman–Crippen MR) is 24.6 cm³/mol. The van der Waals surface area contributed by atoms with Crippen molar-refractivity contribution in [3.63, 3.8) is 0 Å². The molecule has 1 saturated heterocycles. The molecular formula is C5H10O. The van der Waals surface area contributed by atoms with Gasteiger partial charge >= 0.3 is 0 Å². The van der Waals surface area contributed by atoms with Crippen LogP contribution in [-0.4, -0.2) is 12.2 Å². The molecule has 0 amide bonds. The fourth-order valence-electron chi connectivity index (χ4n) is 0.327. The van der Waals surface area contributed by atoms with Gasteiger partial charge in [-0.2, -0.15) is 0 Å². The van der Waals surface area contributed by atoms with Crippen LogP contribution in [0.3, 0.4) is 0 Å². The molecule has 0 aromatic heterocycles. The molecular weight excluding hydrogens is 76.1 g/mol. The van der Waals surface area contributed by atoms with Crippen molar-refractivity contribution in [1.82, 2.24) is 0 Å². The summed E-state index contributed by atoms with van der Waals surface area (Å²) in [6.45, 7) is 5.25. The zero-order valence-electron chi connectivity index (χ0n) is 4.32. The number of rotatable bonds is 1. The van der Waals surface area contributed by atoms with E-state index in [0.717, 1.165) is 13.0 Å². The second-order valence-electron chi connectivity index (χ2n) is 2.09. The monoisotopic (exact) mass is 86.1 g/mol. The van der Waals surface area contributed by atoms with E-state index in [0.29, 0.717) is 5.60 Å². The van der Waals surface area contributed by atoms with E-state index < -0.39 is 0 Å². The van der Waals surface area contributed by atoms with Crippen LogP contribution in [0.2, 0.25) is 0 Å². The van der Waals surface area contributed by atoms with Crippen LogP contribution in [0.15, 0.2) is 0 Å². The smallest absolute Gasteiger partial charge is 0.0886 e. The summed E-state index contributed by atoms with van der Waals surface area (Å²) in [4.78, 5) is 0. The van der Waals surface area contributed by atoms with Crippen LogP contribution in [0.5, 0.6) is 0 Å². The van der Waals surface area contributed by atoms with Crippen molar-refractivity contribution in [2.24, 2.45) is 0 Å². The summed E-state index contributed by atoms with van der Waals surface area (Å²) in [5, 5.41) is 0. The maximum absolute atomic E-state index is 5.05. The minimum atomic E-state index is 0.292. The molecule has 1 nitrogen and oxygen atoms in total. The minimum absolute atomic E-state index is 0.292. The molecule has 1 heteroatoms. The summed E-state index contributed by atoms with van der Waals surface area (Å²) >= 11 is 0. The Morgan fingerprint density at radius 3 is 2.33 bits per heavy atom. The Hall–Kier alpha value is -0.0400. The Morgan fingerprint density at radius 2 is 2.33 bits per heavy atom. The summed E-state index contributed by atoms with van der Waals surface area (Å²) in [7, 11) is 0. The molecule has 0 aromatic rings. The van der Waals surface area contributed by atoms with Gasteiger partial charge in [-0.3, -0.25) is 0 Å². The molecule has 1 rings (SSSR count). The first kappa shape index (κ1) is 4.13. The highest BCUT2D eigenvalue weighted by atomic mass is 16.6. The maximum atomic E-state index is 5.05. The van der Waals surface area contributed by atoms with E-state index in [4.69, 9.17) is 4.74 Å². The Morgan fingerprint density at radius 1 is 1.83 bits per heavy atom. The van der Waals surface area contributed by atoms with E-state index >= 15 is 0 Å². The highest BCUT2D eigenvalue weighted by Gasteiger charge is 2.36. The molecule has 1 fully saturated rings. The van der Waals surface area contributed by atoms with E-state index in [1.165, 1.54) is 0 Å². The molecule has 6 heavy (non-hydrogen) atoms. The third kappa shape index (κ3) is 0.548. The third-order valence-electron chi connectivity index (χ3n) is 1.39. The molecule has 1 heterocycles. The van der Waals surface area contributed by atoms with Gasteiger partial charge < -0.3 is 4.74 Å². The lowest BCUT2D eigenvalue weighted by molar-refractivity contribution is 0.317. The van der Waals surface area contributed by atoms with Crippen LogP contribution < -0.4 is 0 Å². The molecule has 1 aliphatic heterocycles. The zero-order chi connectivity index (χ0) is 4.62. The molecule has 0 bridgehead atoms. The van der Waals surface area contributed by atoms with Gasteiger partial charge in [0.1, 0.15) is 0 Å². The Balaban J connectivity index is 2.28. The number of epoxide rings is 1. The summed E-state index contributed by atoms with van der Waals surface area (Å²) in [6, 6.07) is 0. The normalized spacial score (nSPS) is 43.0. The first-order valence-electron chi connectivity index (χ1n) is 2.41. The van der Waals surface area contributed by atoms with Crippen LogP contribution in [-0.2, 0) is 4.74 Å². The quantitative estimate of drug-likeness (QED) is 0.436. The van der Waals surface area contributed by atoms with Crippen LogP contribution in [0.1, 0.15) is 20.3 Å².